The second kappa shape index (κ2) is 8.08. The highest BCUT2D eigenvalue weighted by molar-refractivity contribution is 7.89. The number of likely N-dealkylation sites (tertiary alicyclic amines) is 1. The summed E-state index contributed by atoms with van der Waals surface area (Å²) in [7, 11) is -3.67. The van der Waals surface area contributed by atoms with Crippen LogP contribution in [0.4, 0.5) is 10.5 Å². The summed E-state index contributed by atoms with van der Waals surface area (Å²) < 4.78 is 33.4. The number of piperidine rings is 1. The minimum Gasteiger partial charge on any atom is -0.450 e. The third kappa shape index (κ3) is 4.15. The fourth-order valence-corrected chi connectivity index (χ4v) is 5.29. The van der Waals surface area contributed by atoms with E-state index in [1.165, 1.54) is 6.92 Å². The molecule has 8 nitrogen and oxygen atoms in total. The zero-order chi connectivity index (χ0) is 20.5. The number of rotatable bonds is 4. The first-order valence-electron chi connectivity index (χ1n) is 9.59. The van der Waals surface area contributed by atoms with E-state index in [9.17, 15) is 18.0 Å². The molecular formula is C19H27N3O5S. The lowest BCUT2D eigenvalue weighted by molar-refractivity contribution is -0.116. The van der Waals surface area contributed by atoms with E-state index in [1.807, 2.05) is 6.92 Å². The van der Waals surface area contributed by atoms with Gasteiger partial charge in [0.25, 0.3) is 0 Å². The van der Waals surface area contributed by atoms with Crippen molar-refractivity contribution in [2.24, 2.45) is 0 Å². The number of hydrogen-bond donors (Lipinski definition) is 1. The van der Waals surface area contributed by atoms with Crippen molar-refractivity contribution in [3.05, 3.63) is 23.8 Å². The van der Waals surface area contributed by atoms with Crippen LogP contribution in [0.5, 0.6) is 0 Å². The molecule has 28 heavy (non-hydrogen) atoms. The molecule has 0 aromatic heterocycles. The maximum absolute atomic E-state index is 12.8. The number of benzene rings is 1. The Bertz CT molecular complexity index is 862. The summed E-state index contributed by atoms with van der Waals surface area (Å²) in [5, 5.41) is 0. The Hall–Kier alpha value is -2.13. The molecule has 2 heterocycles. The minimum absolute atomic E-state index is 0.0191. The largest absolute Gasteiger partial charge is 0.450 e. The zero-order valence-corrected chi connectivity index (χ0v) is 17.3. The molecule has 1 aromatic carbocycles. The highest BCUT2D eigenvalue weighted by Crippen LogP contribution is 2.34. The molecule has 1 atom stereocenters. The van der Waals surface area contributed by atoms with E-state index in [-0.39, 0.29) is 29.0 Å². The van der Waals surface area contributed by atoms with Gasteiger partial charge in [0, 0.05) is 37.8 Å². The lowest BCUT2D eigenvalue weighted by Crippen LogP contribution is -2.46. The number of hydrogen-bond acceptors (Lipinski definition) is 5. The van der Waals surface area contributed by atoms with Gasteiger partial charge in [0.2, 0.25) is 15.9 Å². The molecule has 0 aliphatic carbocycles. The third-order valence-electron chi connectivity index (χ3n) is 5.26. The normalized spacial score (nSPS) is 20.2. The fraction of sp³-hybridized carbons (Fsp3) is 0.579. The molecule has 1 aromatic rings. The van der Waals surface area contributed by atoms with E-state index in [4.69, 9.17) is 4.74 Å². The van der Waals surface area contributed by atoms with Crippen LogP contribution in [0.1, 0.15) is 39.2 Å². The van der Waals surface area contributed by atoms with E-state index in [1.54, 1.807) is 34.9 Å². The Morgan fingerprint density at radius 2 is 1.93 bits per heavy atom. The van der Waals surface area contributed by atoms with Gasteiger partial charge in [0.05, 0.1) is 11.5 Å². The van der Waals surface area contributed by atoms with E-state index in [0.29, 0.717) is 39.0 Å². The predicted molar refractivity (Wildman–Crippen MR) is 105 cm³/mol. The summed E-state index contributed by atoms with van der Waals surface area (Å²) in [6.45, 7) is 6.46. The molecule has 2 amide bonds. The molecule has 0 spiro atoms. The monoisotopic (exact) mass is 409 g/mol. The Morgan fingerprint density at radius 1 is 1.25 bits per heavy atom. The lowest BCUT2D eigenvalue weighted by atomic mass is 10.1. The van der Waals surface area contributed by atoms with Crippen molar-refractivity contribution < 1.29 is 22.7 Å². The molecule has 0 bridgehead atoms. The summed E-state index contributed by atoms with van der Waals surface area (Å²) in [6.07, 6.45) is 1.36. The summed E-state index contributed by atoms with van der Waals surface area (Å²) >= 11 is 0. The van der Waals surface area contributed by atoms with Crippen LogP contribution in [0.2, 0.25) is 0 Å². The number of carbonyl (C=O) groups is 2. The number of amides is 2. The van der Waals surface area contributed by atoms with Crippen molar-refractivity contribution in [3.8, 4) is 0 Å². The number of nitrogens with zero attached hydrogens (tertiary/aromatic N) is 2. The molecule has 0 saturated carbocycles. The van der Waals surface area contributed by atoms with E-state index >= 15 is 0 Å². The van der Waals surface area contributed by atoms with Crippen LogP contribution in [-0.4, -0.2) is 57.1 Å². The third-order valence-corrected chi connectivity index (χ3v) is 6.78. The first kappa shape index (κ1) is 20.6. The second-order valence-electron chi connectivity index (χ2n) is 7.31. The highest BCUT2D eigenvalue weighted by atomic mass is 32.2. The van der Waals surface area contributed by atoms with Gasteiger partial charge in [-0.25, -0.2) is 17.9 Å². The van der Waals surface area contributed by atoms with E-state index in [0.717, 1.165) is 11.3 Å². The van der Waals surface area contributed by atoms with Gasteiger partial charge in [-0.05, 0) is 56.9 Å². The van der Waals surface area contributed by atoms with Crippen LogP contribution < -0.4 is 9.62 Å². The highest BCUT2D eigenvalue weighted by Gasteiger charge is 2.31. The van der Waals surface area contributed by atoms with Crippen LogP contribution in [0, 0.1) is 0 Å². The Morgan fingerprint density at radius 3 is 2.54 bits per heavy atom. The Labute approximate surface area is 165 Å². The van der Waals surface area contributed by atoms with Gasteiger partial charge in [-0.15, -0.1) is 0 Å². The first-order chi connectivity index (χ1) is 13.2. The number of nitrogens with one attached hydrogen (secondary N) is 1. The van der Waals surface area contributed by atoms with Crippen LogP contribution in [0.15, 0.2) is 23.1 Å². The second-order valence-corrected chi connectivity index (χ2v) is 9.03. The molecule has 1 fully saturated rings. The molecule has 9 heteroatoms. The predicted octanol–water partition coefficient (Wildman–Crippen LogP) is 1.88. The number of fused-ring (bicyclic) bond motifs is 1. The summed E-state index contributed by atoms with van der Waals surface area (Å²) in [5.74, 6) is -0.0478. The van der Waals surface area contributed by atoms with Crippen LogP contribution in [-0.2, 0) is 26.0 Å². The van der Waals surface area contributed by atoms with E-state index in [2.05, 4.69) is 4.72 Å². The molecule has 1 N–H and O–H groups in total. The van der Waals surface area contributed by atoms with Gasteiger partial charge in [0.1, 0.15) is 0 Å². The lowest BCUT2D eigenvalue weighted by Gasteiger charge is -2.31. The van der Waals surface area contributed by atoms with Gasteiger partial charge in [-0.2, -0.15) is 0 Å². The van der Waals surface area contributed by atoms with Crippen molar-refractivity contribution in [1.82, 2.24) is 9.62 Å². The van der Waals surface area contributed by atoms with Gasteiger partial charge in [-0.1, -0.05) is 0 Å². The van der Waals surface area contributed by atoms with Gasteiger partial charge < -0.3 is 14.5 Å². The minimum atomic E-state index is -3.67. The number of sulfonamides is 1. The molecule has 1 saturated heterocycles. The van der Waals surface area contributed by atoms with Crippen molar-refractivity contribution in [1.29, 1.82) is 0 Å². The molecular weight excluding hydrogens is 382 g/mol. The van der Waals surface area contributed by atoms with Gasteiger partial charge in [0.15, 0.2) is 0 Å². The number of carbonyl (C=O) groups excluding carboxylic acids is 2. The zero-order valence-electron chi connectivity index (χ0n) is 16.5. The topological polar surface area (TPSA) is 96.0 Å². The number of ether oxygens (including phenoxy) is 1. The van der Waals surface area contributed by atoms with Crippen LogP contribution in [0.3, 0.4) is 0 Å². The number of anilines is 1. The molecule has 2 aliphatic heterocycles. The Balaban J connectivity index is 1.67. The molecule has 0 radical (unpaired) electrons. The average molecular weight is 410 g/mol. The van der Waals surface area contributed by atoms with Gasteiger partial charge >= 0.3 is 6.09 Å². The summed E-state index contributed by atoms with van der Waals surface area (Å²) in [6, 6.07) is 4.70. The van der Waals surface area contributed by atoms with E-state index < -0.39 is 10.0 Å². The molecule has 2 aliphatic rings. The van der Waals surface area contributed by atoms with Gasteiger partial charge in [-0.3, -0.25) is 4.79 Å². The maximum Gasteiger partial charge on any atom is 0.409 e. The van der Waals surface area contributed by atoms with Crippen LogP contribution >= 0.6 is 0 Å². The van der Waals surface area contributed by atoms with Crippen LogP contribution in [0.25, 0.3) is 0 Å². The Kier molecular flexibility index (Phi) is 5.95. The average Bonchev–Trinajstić information content (AvgIpc) is 2.97. The van der Waals surface area contributed by atoms with Crippen molar-refractivity contribution in [2.45, 2.75) is 57.0 Å². The summed E-state index contributed by atoms with van der Waals surface area (Å²) in [4.78, 5) is 27.1. The quantitative estimate of drug-likeness (QED) is 0.819. The van der Waals surface area contributed by atoms with Crippen molar-refractivity contribution in [2.75, 3.05) is 24.6 Å². The summed E-state index contributed by atoms with van der Waals surface area (Å²) in [5.41, 5.74) is 1.64. The molecule has 3 rings (SSSR count). The smallest absolute Gasteiger partial charge is 0.409 e. The van der Waals surface area contributed by atoms with Crippen molar-refractivity contribution in [3.63, 3.8) is 0 Å². The van der Waals surface area contributed by atoms with Crippen molar-refractivity contribution >= 4 is 27.7 Å². The first-order valence-corrected chi connectivity index (χ1v) is 11.1. The molecule has 154 valence electrons. The maximum atomic E-state index is 12.8. The molecule has 1 unspecified atom stereocenters. The standard InChI is InChI=1S/C19H27N3O5S/c1-4-27-19(24)21-9-7-16(8-10-21)20-28(25,26)17-5-6-18-15(12-17)11-13(2)22(18)14(3)23/h5-6,12-13,16,20H,4,7-11H2,1-3H3. The fourth-order valence-electron chi connectivity index (χ4n) is 3.94. The SMILES string of the molecule is CCOC(=O)N1CCC(NS(=O)(=O)c2ccc3c(c2)CC(C)N3C(C)=O)CC1.